The lowest BCUT2D eigenvalue weighted by Gasteiger charge is -2.37. The molecular weight excluding hydrogens is 386 g/mol. The van der Waals surface area contributed by atoms with Crippen LogP contribution in [0.1, 0.15) is 6.42 Å². The second-order valence-electron chi connectivity index (χ2n) is 9.27. The average molecular weight is 407 g/mol. The maximum absolute atomic E-state index is 13.2. The van der Waals surface area contributed by atoms with Crippen molar-refractivity contribution < 1.29 is 14.3 Å². The Morgan fingerprint density at radius 3 is 2.00 bits per heavy atom. The van der Waals surface area contributed by atoms with Crippen LogP contribution in [0, 0.1) is 35.5 Å². The number of imide groups is 1. The molecule has 3 aromatic carbocycles. The molecule has 6 atom stereocenters. The van der Waals surface area contributed by atoms with E-state index in [9.17, 15) is 9.59 Å². The van der Waals surface area contributed by atoms with Crippen molar-refractivity contribution in [3.8, 4) is 11.5 Å². The predicted octanol–water partition coefficient (Wildman–Crippen LogP) is 5.19. The van der Waals surface area contributed by atoms with Crippen molar-refractivity contribution >= 4 is 28.3 Å². The van der Waals surface area contributed by atoms with Gasteiger partial charge in [-0.15, -0.1) is 0 Å². The van der Waals surface area contributed by atoms with Crippen molar-refractivity contribution in [2.75, 3.05) is 4.90 Å². The van der Waals surface area contributed by atoms with E-state index in [1.807, 2.05) is 54.6 Å². The molecule has 4 aliphatic carbocycles. The third-order valence-corrected chi connectivity index (χ3v) is 7.71. The number of carbonyl (C=O) groups excluding carboxylic acids is 2. The minimum Gasteiger partial charge on any atom is -0.457 e. The fourth-order valence-electron chi connectivity index (χ4n) is 6.24. The third-order valence-electron chi connectivity index (χ3n) is 7.71. The molecule has 8 rings (SSSR count). The summed E-state index contributed by atoms with van der Waals surface area (Å²) < 4.78 is 6.02. The van der Waals surface area contributed by atoms with Crippen molar-refractivity contribution in [2.45, 2.75) is 6.42 Å². The molecule has 2 bridgehead atoms. The molecule has 4 heteroatoms. The number of carbonyl (C=O) groups is 2. The first-order chi connectivity index (χ1) is 15.2. The fraction of sp³-hybridized carbons (Fsp3) is 0.259. The van der Waals surface area contributed by atoms with Crippen LogP contribution in [0.2, 0.25) is 0 Å². The highest BCUT2D eigenvalue weighted by atomic mass is 16.5. The van der Waals surface area contributed by atoms with E-state index in [4.69, 9.17) is 4.74 Å². The molecule has 0 unspecified atom stereocenters. The average Bonchev–Trinajstić information content (AvgIpc) is 3.58. The van der Waals surface area contributed by atoms with Gasteiger partial charge in [-0.2, -0.15) is 0 Å². The Hall–Kier alpha value is -3.40. The zero-order chi connectivity index (χ0) is 20.7. The first-order valence-corrected chi connectivity index (χ1v) is 11.0. The van der Waals surface area contributed by atoms with E-state index in [-0.39, 0.29) is 35.5 Å². The Morgan fingerprint density at radius 1 is 0.710 bits per heavy atom. The number of allylic oxidation sites excluding steroid dienone is 2. The summed E-state index contributed by atoms with van der Waals surface area (Å²) in [6.45, 7) is 0. The van der Waals surface area contributed by atoms with Crippen LogP contribution in [0.4, 0.5) is 5.69 Å². The summed E-state index contributed by atoms with van der Waals surface area (Å²) in [5.74, 6) is 2.78. The van der Waals surface area contributed by atoms with E-state index >= 15 is 0 Å². The van der Waals surface area contributed by atoms with Crippen LogP contribution in [-0.2, 0) is 9.59 Å². The Morgan fingerprint density at radius 2 is 1.32 bits per heavy atom. The largest absolute Gasteiger partial charge is 0.457 e. The molecule has 152 valence electrons. The van der Waals surface area contributed by atoms with Crippen LogP contribution in [-0.4, -0.2) is 11.8 Å². The van der Waals surface area contributed by atoms with Crippen LogP contribution >= 0.6 is 0 Å². The van der Waals surface area contributed by atoms with Gasteiger partial charge in [0, 0.05) is 0 Å². The molecule has 1 heterocycles. The smallest absolute Gasteiger partial charge is 0.238 e. The highest BCUT2D eigenvalue weighted by molar-refractivity contribution is 6.22. The first kappa shape index (κ1) is 17.3. The van der Waals surface area contributed by atoms with Crippen molar-refractivity contribution in [3.63, 3.8) is 0 Å². The summed E-state index contributed by atoms with van der Waals surface area (Å²) in [4.78, 5) is 27.9. The van der Waals surface area contributed by atoms with E-state index in [0.29, 0.717) is 23.3 Å². The maximum atomic E-state index is 13.2. The Labute approximate surface area is 180 Å². The molecule has 1 saturated heterocycles. The van der Waals surface area contributed by atoms with E-state index in [1.54, 1.807) is 0 Å². The van der Waals surface area contributed by atoms with Gasteiger partial charge >= 0.3 is 0 Å². The van der Waals surface area contributed by atoms with Crippen molar-refractivity contribution in [3.05, 3.63) is 78.9 Å². The lowest BCUT2D eigenvalue weighted by Crippen LogP contribution is -2.40. The quantitative estimate of drug-likeness (QED) is 0.443. The predicted molar refractivity (Wildman–Crippen MR) is 118 cm³/mol. The number of rotatable bonds is 3. The van der Waals surface area contributed by atoms with Gasteiger partial charge < -0.3 is 4.74 Å². The first-order valence-electron chi connectivity index (χ1n) is 11.0. The second kappa shape index (κ2) is 6.07. The third kappa shape index (κ3) is 2.42. The number of ether oxygens (including phenoxy) is 1. The number of hydrogen-bond acceptors (Lipinski definition) is 3. The molecule has 2 amide bonds. The molecule has 1 aliphatic heterocycles. The molecule has 0 aromatic heterocycles. The van der Waals surface area contributed by atoms with Gasteiger partial charge in [0.25, 0.3) is 0 Å². The van der Waals surface area contributed by atoms with E-state index in [0.717, 1.165) is 11.1 Å². The summed E-state index contributed by atoms with van der Waals surface area (Å²) in [5.41, 5.74) is 0.642. The molecule has 0 spiro atoms. The van der Waals surface area contributed by atoms with Gasteiger partial charge in [-0.25, -0.2) is 0 Å². The van der Waals surface area contributed by atoms with Crippen LogP contribution in [0.25, 0.3) is 10.8 Å². The highest BCUT2D eigenvalue weighted by Crippen LogP contribution is 2.65. The minimum absolute atomic E-state index is 0.0251. The molecule has 31 heavy (non-hydrogen) atoms. The Bertz CT molecular complexity index is 1240. The highest BCUT2D eigenvalue weighted by Gasteiger charge is 2.67. The summed E-state index contributed by atoms with van der Waals surface area (Å²) in [6, 6.07) is 21.4. The molecule has 0 N–H and O–H groups in total. The topological polar surface area (TPSA) is 46.6 Å². The number of benzene rings is 3. The number of amides is 2. The van der Waals surface area contributed by atoms with Crippen molar-refractivity contribution in [2.24, 2.45) is 35.5 Å². The van der Waals surface area contributed by atoms with Crippen LogP contribution in [0.3, 0.4) is 0 Å². The Kier molecular flexibility index (Phi) is 3.39. The zero-order valence-electron chi connectivity index (χ0n) is 16.8. The molecule has 0 radical (unpaired) electrons. The molecule has 4 nitrogen and oxygen atoms in total. The zero-order valence-corrected chi connectivity index (χ0v) is 16.8. The lowest BCUT2D eigenvalue weighted by molar-refractivity contribution is -0.124. The van der Waals surface area contributed by atoms with Crippen molar-refractivity contribution in [1.29, 1.82) is 0 Å². The Balaban J connectivity index is 1.15. The normalized spacial score (nSPS) is 32.3. The summed E-state index contributed by atoms with van der Waals surface area (Å²) >= 11 is 0. The SMILES string of the molecule is O=C1[C@@H]2[C@@H]3C=C[C@@H]([C@@H]4C[C@H]34)[C@@H]2C(=O)N1c1ccc(Oc2ccc3ccccc3c2)cc1. The van der Waals surface area contributed by atoms with E-state index < -0.39 is 0 Å². The van der Waals surface area contributed by atoms with Gasteiger partial charge in [0.1, 0.15) is 11.5 Å². The van der Waals surface area contributed by atoms with Crippen LogP contribution < -0.4 is 9.64 Å². The summed E-state index contributed by atoms with van der Waals surface area (Å²) in [5, 5.41) is 2.28. The maximum Gasteiger partial charge on any atom is 0.238 e. The molecule has 2 saturated carbocycles. The van der Waals surface area contributed by atoms with Crippen LogP contribution in [0.5, 0.6) is 11.5 Å². The molecular formula is C27H21NO3. The molecule has 3 aromatic rings. The van der Waals surface area contributed by atoms with Crippen molar-refractivity contribution in [1.82, 2.24) is 0 Å². The van der Waals surface area contributed by atoms with Gasteiger partial charge in [0.15, 0.2) is 0 Å². The van der Waals surface area contributed by atoms with E-state index in [1.165, 1.54) is 16.7 Å². The van der Waals surface area contributed by atoms with Gasteiger partial charge in [-0.1, -0.05) is 42.5 Å². The molecule has 5 aliphatic rings. The number of anilines is 1. The van der Waals surface area contributed by atoms with Gasteiger partial charge in [-0.05, 0) is 77.3 Å². The monoisotopic (exact) mass is 407 g/mol. The van der Waals surface area contributed by atoms with E-state index in [2.05, 4.69) is 24.3 Å². The lowest BCUT2D eigenvalue weighted by atomic mass is 9.63. The number of fused-ring (bicyclic) bond motifs is 1. The fourth-order valence-corrected chi connectivity index (χ4v) is 6.24. The minimum atomic E-state index is -0.167. The van der Waals surface area contributed by atoms with Gasteiger partial charge in [0.2, 0.25) is 11.8 Å². The number of hydrogen-bond donors (Lipinski definition) is 0. The molecule has 3 fully saturated rings. The standard InChI is InChI=1S/C27H21NO3/c29-26-24-20-11-12-21(23-14-22(20)23)25(24)27(30)28(26)17-6-9-18(10-7-17)31-19-8-5-15-3-1-2-4-16(15)13-19/h1-13,20-25H,14H2/t20-,21+,22-,23+,24-,25+. The van der Waals surface area contributed by atoms with Crippen LogP contribution in [0.15, 0.2) is 78.9 Å². The summed E-state index contributed by atoms with van der Waals surface area (Å²) in [7, 11) is 0. The van der Waals surface area contributed by atoms with Gasteiger partial charge in [-0.3, -0.25) is 14.5 Å². The van der Waals surface area contributed by atoms with Gasteiger partial charge in [0.05, 0.1) is 17.5 Å². The second-order valence-corrected chi connectivity index (χ2v) is 9.27. The summed E-state index contributed by atoms with van der Waals surface area (Å²) in [6.07, 6.45) is 5.58. The number of nitrogens with zero attached hydrogens (tertiary/aromatic N) is 1.